The number of aliphatic hydroxyl groups is 1. The van der Waals surface area contributed by atoms with Crippen molar-refractivity contribution in [2.75, 3.05) is 6.61 Å². The van der Waals surface area contributed by atoms with Gasteiger partial charge in [-0.1, -0.05) is 54.6 Å². The molecule has 0 bridgehead atoms. The lowest BCUT2D eigenvalue weighted by atomic mass is 9.86. The van der Waals surface area contributed by atoms with Gasteiger partial charge in [0.15, 0.2) is 0 Å². The number of aliphatic hydroxyl groups excluding tert-OH is 1. The Morgan fingerprint density at radius 3 is 2.24 bits per heavy atom. The zero-order valence-corrected chi connectivity index (χ0v) is 12.5. The second-order valence-electron chi connectivity index (χ2n) is 6.01. The lowest BCUT2D eigenvalue weighted by Crippen LogP contribution is -2.39. The number of hydrogen-bond donors (Lipinski definition) is 1. The van der Waals surface area contributed by atoms with Gasteiger partial charge in [-0.3, -0.25) is 0 Å². The minimum Gasteiger partial charge on any atom is -0.385 e. The van der Waals surface area contributed by atoms with Crippen molar-refractivity contribution in [1.29, 1.82) is 0 Å². The predicted octanol–water partition coefficient (Wildman–Crippen LogP) is 4.35. The van der Waals surface area contributed by atoms with Crippen molar-refractivity contribution >= 4 is 0 Å². The average Bonchev–Trinajstić information content (AvgIpc) is 2.56. The SMILES string of the molecule is CC1(C(O)c2ccc(-c3ccccc3)cc2)CCCCO1. The summed E-state index contributed by atoms with van der Waals surface area (Å²) in [4.78, 5) is 0. The second kappa shape index (κ2) is 6.00. The molecule has 0 spiro atoms. The van der Waals surface area contributed by atoms with Crippen molar-refractivity contribution in [3.63, 3.8) is 0 Å². The predicted molar refractivity (Wildman–Crippen MR) is 85.0 cm³/mol. The largest absolute Gasteiger partial charge is 0.385 e. The van der Waals surface area contributed by atoms with Gasteiger partial charge in [0.2, 0.25) is 0 Å². The van der Waals surface area contributed by atoms with Crippen LogP contribution in [0.1, 0.15) is 37.9 Å². The van der Waals surface area contributed by atoms with Gasteiger partial charge in [-0.15, -0.1) is 0 Å². The van der Waals surface area contributed by atoms with E-state index >= 15 is 0 Å². The summed E-state index contributed by atoms with van der Waals surface area (Å²) in [5, 5.41) is 10.6. The van der Waals surface area contributed by atoms with Crippen LogP contribution in [-0.4, -0.2) is 17.3 Å². The van der Waals surface area contributed by atoms with E-state index in [1.807, 2.05) is 37.3 Å². The molecule has 21 heavy (non-hydrogen) atoms. The first kappa shape index (κ1) is 14.3. The van der Waals surface area contributed by atoms with Crippen LogP contribution < -0.4 is 0 Å². The van der Waals surface area contributed by atoms with Crippen molar-refractivity contribution < 1.29 is 9.84 Å². The number of hydrogen-bond acceptors (Lipinski definition) is 2. The smallest absolute Gasteiger partial charge is 0.108 e. The molecule has 1 saturated heterocycles. The molecule has 3 rings (SSSR count). The Balaban J connectivity index is 1.80. The lowest BCUT2D eigenvalue weighted by Gasteiger charge is -2.38. The fourth-order valence-corrected chi connectivity index (χ4v) is 3.01. The Morgan fingerprint density at radius 2 is 1.62 bits per heavy atom. The highest BCUT2D eigenvalue weighted by Gasteiger charge is 2.36. The highest BCUT2D eigenvalue weighted by atomic mass is 16.5. The molecule has 1 N–H and O–H groups in total. The summed E-state index contributed by atoms with van der Waals surface area (Å²) in [5.74, 6) is 0. The molecule has 2 atom stereocenters. The monoisotopic (exact) mass is 282 g/mol. The van der Waals surface area contributed by atoms with Gasteiger partial charge in [0.1, 0.15) is 6.10 Å². The Morgan fingerprint density at radius 1 is 0.952 bits per heavy atom. The quantitative estimate of drug-likeness (QED) is 0.907. The fraction of sp³-hybridized carbons (Fsp3) is 0.368. The van der Waals surface area contributed by atoms with Crippen LogP contribution in [0.4, 0.5) is 0 Å². The summed E-state index contributed by atoms with van der Waals surface area (Å²) in [6, 6.07) is 18.4. The van der Waals surface area contributed by atoms with Gasteiger partial charge >= 0.3 is 0 Å². The van der Waals surface area contributed by atoms with Crippen molar-refractivity contribution in [3.8, 4) is 11.1 Å². The van der Waals surface area contributed by atoms with Crippen LogP contribution in [0.25, 0.3) is 11.1 Å². The molecular weight excluding hydrogens is 260 g/mol. The third-order valence-electron chi connectivity index (χ3n) is 4.41. The molecule has 0 aromatic heterocycles. The van der Waals surface area contributed by atoms with Crippen LogP contribution in [0.5, 0.6) is 0 Å². The zero-order chi connectivity index (χ0) is 14.7. The van der Waals surface area contributed by atoms with Crippen molar-refractivity contribution in [1.82, 2.24) is 0 Å². The van der Waals surface area contributed by atoms with Crippen LogP contribution >= 0.6 is 0 Å². The van der Waals surface area contributed by atoms with Crippen molar-refractivity contribution in [3.05, 3.63) is 60.2 Å². The van der Waals surface area contributed by atoms with E-state index < -0.39 is 11.7 Å². The van der Waals surface area contributed by atoms with Crippen LogP contribution in [0.3, 0.4) is 0 Å². The molecular formula is C19H22O2. The maximum Gasteiger partial charge on any atom is 0.108 e. The third kappa shape index (κ3) is 3.02. The minimum atomic E-state index is -0.567. The highest BCUT2D eigenvalue weighted by Crippen LogP contribution is 2.36. The van der Waals surface area contributed by atoms with Gasteiger partial charge in [-0.2, -0.15) is 0 Å². The first-order valence-corrected chi connectivity index (χ1v) is 7.66. The molecule has 2 nitrogen and oxygen atoms in total. The number of rotatable bonds is 3. The molecule has 2 heteroatoms. The molecule has 2 unspecified atom stereocenters. The van der Waals surface area contributed by atoms with Gasteiger partial charge in [0.25, 0.3) is 0 Å². The molecule has 0 radical (unpaired) electrons. The summed E-state index contributed by atoms with van der Waals surface area (Å²) in [5.41, 5.74) is 2.84. The minimum absolute atomic E-state index is 0.452. The Hall–Kier alpha value is -1.64. The van der Waals surface area contributed by atoms with Gasteiger partial charge in [0, 0.05) is 6.61 Å². The van der Waals surface area contributed by atoms with E-state index in [4.69, 9.17) is 4.74 Å². The standard InChI is InChI=1S/C19H22O2/c1-19(13-5-6-14-21-19)18(20)17-11-9-16(10-12-17)15-7-3-2-4-8-15/h2-4,7-12,18,20H,5-6,13-14H2,1H3. The molecule has 2 aromatic rings. The van der Waals surface area contributed by atoms with E-state index in [0.29, 0.717) is 0 Å². The number of benzene rings is 2. The molecule has 1 aliphatic rings. The van der Waals surface area contributed by atoms with E-state index in [1.165, 1.54) is 11.1 Å². The van der Waals surface area contributed by atoms with E-state index in [9.17, 15) is 5.11 Å². The number of ether oxygens (including phenoxy) is 1. The first-order chi connectivity index (χ1) is 10.2. The summed E-state index contributed by atoms with van der Waals surface area (Å²) in [6.07, 6.45) is 2.56. The molecule has 1 aliphatic heterocycles. The first-order valence-electron chi connectivity index (χ1n) is 7.66. The van der Waals surface area contributed by atoms with Gasteiger partial charge < -0.3 is 9.84 Å². The third-order valence-corrected chi connectivity index (χ3v) is 4.41. The maximum absolute atomic E-state index is 10.6. The Bertz CT molecular complexity index is 568. The lowest BCUT2D eigenvalue weighted by molar-refractivity contribution is -0.138. The molecule has 0 aliphatic carbocycles. The summed E-state index contributed by atoms with van der Waals surface area (Å²) in [7, 11) is 0. The average molecular weight is 282 g/mol. The Labute approximate surface area is 126 Å². The van der Waals surface area contributed by atoms with Crippen molar-refractivity contribution in [2.24, 2.45) is 0 Å². The van der Waals surface area contributed by atoms with E-state index in [1.54, 1.807) is 0 Å². The summed E-state index contributed by atoms with van der Waals surface area (Å²) in [6.45, 7) is 2.76. The maximum atomic E-state index is 10.6. The molecule has 2 aromatic carbocycles. The van der Waals surface area contributed by atoms with E-state index in [-0.39, 0.29) is 0 Å². The topological polar surface area (TPSA) is 29.5 Å². The zero-order valence-electron chi connectivity index (χ0n) is 12.5. The van der Waals surface area contributed by atoms with Gasteiger partial charge in [0.05, 0.1) is 5.60 Å². The molecule has 1 heterocycles. The van der Waals surface area contributed by atoms with Crippen LogP contribution in [0, 0.1) is 0 Å². The van der Waals surface area contributed by atoms with Gasteiger partial charge in [-0.05, 0) is 42.9 Å². The highest BCUT2D eigenvalue weighted by molar-refractivity contribution is 5.63. The van der Waals surface area contributed by atoms with Crippen LogP contribution in [0.15, 0.2) is 54.6 Å². The molecule has 1 fully saturated rings. The van der Waals surface area contributed by atoms with E-state index in [0.717, 1.165) is 31.4 Å². The summed E-state index contributed by atoms with van der Waals surface area (Å²) < 4.78 is 5.85. The normalized spacial score (nSPS) is 23.7. The second-order valence-corrected chi connectivity index (χ2v) is 6.01. The van der Waals surface area contributed by atoms with Crippen LogP contribution in [0.2, 0.25) is 0 Å². The van der Waals surface area contributed by atoms with Crippen molar-refractivity contribution in [2.45, 2.75) is 37.9 Å². The molecule has 110 valence electrons. The molecule has 0 amide bonds. The van der Waals surface area contributed by atoms with Crippen LogP contribution in [-0.2, 0) is 4.74 Å². The fourth-order valence-electron chi connectivity index (χ4n) is 3.01. The van der Waals surface area contributed by atoms with E-state index in [2.05, 4.69) is 24.3 Å². The Kier molecular flexibility index (Phi) is 4.09. The summed E-state index contributed by atoms with van der Waals surface area (Å²) >= 11 is 0. The molecule has 0 saturated carbocycles. The van der Waals surface area contributed by atoms with Gasteiger partial charge in [-0.25, -0.2) is 0 Å².